The van der Waals surface area contributed by atoms with E-state index >= 15 is 0 Å². The molecule has 4 nitrogen and oxygen atoms in total. The summed E-state index contributed by atoms with van der Waals surface area (Å²) in [6.45, 7) is 5.04. The van der Waals surface area contributed by atoms with Crippen LogP contribution in [0.25, 0.3) is 0 Å². The Hall–Kier alpha value is -1.10. The van der Waals surface area contributed by atoms with Crippen LogP contribution in [0.4, 0.5) is 0 Å². The van der Waals surface area contributed by atoms with Gasteiger partial charge in [-0.15, -0.1) is 0 Å². The first-order valence-corrected chi connectivity index (χ1v) is 8.02. The van der Waals surface area contributed by atoms with Crippen molar-refractivity contribution >= 4 is 0 Å². The van der Waals surface area contributed by atoms with Gasteiger partial charge in [-0.25, -0.2) is 0 Å². The van der Waals surface area contributed by atoms with E-state index in [0.29, 0.717) is 12.6 Å². The lowest BCUT2D eigenvalue weighted by atomic mass is 10.00. The zero-order valence-electron chi connectivity index (χ0n) is 13.2. The van der Waals surface area contributed by atoms with Crippen molar-refractivity contribution in [3.05, 3.63) is 29.3 Å². The molecule has 0 aromatic heterocycles. The molecule has 2 aliphatic heterocycles. The van der Waals surface area contributed by atoms with Crippen molar-refractivity contribution in [3.63, 3.8) is 0 Å². The zero-order chi connectivity index (χ0) is 14.8. The van der Waals surface area contributed by atoms with E-state index in [0.717, 1.165) is 31.2 Å². The molecule has 0 amide bonds. The Labute approximate surface area is 127 Å². The van der Waals surface area contributed by atoms with Gasteiger partial charge in [0.25, 0.3) is 0 Å². The second-order valence-corrected chi connectivity index (χ2v) is 6.57. The highest BCUT2D eigenvalue weighted by Gasteiger charge is 2.25. The largest absolute Gasteiger partial charge is 0.493 e. The van der Waals surface area contributed by atoms with Gasteiger partial charge < -0.3 is 15.4 Å². The number of likely N-dealkylation sites (tertiary alicyclic amines) is 1. The number of hydrogen-bond donors (Lipinski definition) is 1. The highest BCUT2D eigenvalue weighted by molar-refractivity contribution is 5.40. The summed E-state index contributed by atoms with van der Waals surface area (Å²) in [7, 11) is 4.42. The third-order valence-electron chi connectivity index (χ3n) is 4.89. The van der Waals surface area contributed by atoms with E-state index in [-0.39, 0.29) is 0 Å². The molecule has 2 unspecified atom stereocenters. The van der Waals surface area contributed by atoms with Crippen LogP contribution in [-0.2, 0) is 6.42 Å². The van der Waals surface area contributed by atoms with Gasteiger partial charge in [-0.3, -0.25) is 4.90 Å². The first kappa shape index (κ1) is 14.8. The standard InChI is InChI=1S/C17H27N3O/c1-19-7-5-13(11-19)12-20(2)16(10-18)14-3-4-17-15(9-14)6-8-21-17/h3-4,9,13,16H,5-8,10-12,18H2,1-2H3. The Morgan fingerprint density at radius 3 is 3.05 bits per heavy atom. The van der Waals surface area contributed by atoms with Crippen molar-refractivity contribution in [2.75, 3.05) is 46.9 Å². The van der Waals surface area contributed by atoms with Gasteiger partial charge >= 0.3 is 0 Å². The fourth-order valence-corrected chi connectivity index (χ4v) is 3.69. The average Bonchev–Trinajstić information content (AvgIpc) is 3.08. The highest BCUT2D eigenvalue weighted by atomic mass is 16.5. The van der Waals surface area contributed by atoms with E-state index < -0.39 is 0 Å². The van der Waals surface area contributed by atoms with Gasteiger partial charge in [0.2, 0.25) is 0 Å². The van der Waals surface area contributed by atoms with Crippen molar-refractivity contribution in [1.29, 1.82) is 0 Å². The SMILES string of the molecule is CN1CCC(CN(C)C(CN)c2ccc3c(c2)CCO3)C1. The lowest BCUT2D eigenvalue weighted by molar-refractivity contribution is 0.211. The quantitative estimate of drug-likeness (QED) is 0.892. The summed E-state index contributed by atoms with van der Waals surface area (Å²) in [4.78, 5) is 4.85. The maximum atomic E-state index is 6.07. The average molecular weight is 289 g/mol. The van der Waals surface area contributed by atoms with Crippen molar-refractivity contribution in [1.82, 2.24) is 9.80 Å². The highest BCUT2D eigenvalue weighted by Crippen LogP contribution is 2.30. The van der Waals surface area contributed by atoms with Crippen LogP contribution in [-0.4, -0.2) is 56.7 Å². The summed E-state index contributed by atoms with van der Waals surface area (Å²) in [5, 5.41) is 0. The molecule has 0 saturated carbocycles. The molecular formula is C17H27N3O. The van der Waals surface area contributed by atoms with E-state index in [9.17, 15) is 0 Å². The molecule has 0 radical (unpaired) electrons. The van der Waals surface area contributed by atoms with Crippen molar-refractivity contribution in [2.45, 2.75) is 18.9 Å². The number of fused-ring (bicyclic) bond motifs is 1. The molecule has 1 aromatic carbocycles. The molecule has 0 bridgehead atoms. The Balaban J connectivity index is 1.69. The van der Waals surface area contributed by atoms with Gasteiger partial charge in [0, 0.05) is 32.1 Å². The van der Waals surface area contributed by atoms with E-state index in [1.807, 2.05) is 0 Å². The summed E-state index contributed by atoms with van der Waals surface area (Å²) < 4.78 is 5.60. The topological polar surface area (TPSA) is 41.7 Å². The predicted molar refractivity (Wildman–Crippen MR) is 85.7 cm³/mol. The molecule has 116 valence electrons. The first-order chi connectivity index (χ1) is 10.2. The van der Waals surface area contributed by atoms with Crippen LogP contribution in [0.1, 0.15) is 23.6 Å². The van der Waals surface area contributed by atoms with Crippen LogP contribution in [0.5, 0.6) is 5.75 Å². The van der Waals surface area contributed by atoms with E-state index in [4.69, 9.17) is 10.5 Å². The number of ether oxygens (including phenoxy) is 1. The van der Waals surface area contributed by atoms with Crippen LogP contribution < -0.4 is 10.5 Å². The Kier molecular flexibility index (Phi) is 4.48. The lowest BCUT2D eigenvalue weighted by Gasteiger charge is -2.30. The molecule has 21 heavy (non-hydrogen) atoms. The second-order valence-electron chi connectivity index (χ2n) is 6.57. The summed E-state index contributed by atoms with van der Waals surface area (Å²) in [6.07, 6.45) is 2.33. The summed E-state index contributed by atoms with van der Waals surface area (Å²) >= 11 is 0. The van der Waals surface area contributed by atoms with Gasteiger partial charge in [-0.05, 0) is 50.2 Å². The van der Waals surface area contributed by atoms with Gasteiger partial charge in [-0.2, -0.15) is 0 Å². The van der Waals surface area contributed by atoms with Crippen LogP contribution in [0.2, 0.25) is 0 Å². The number of benzene rings is 1. The Morgan fingerprint density at radius 1 is 1.48 bits per heavy atom. The fourth-order valence-electron chi connectivity index (χ4n) is 3.69. The molecule has 2 heterocycles. The molecule has 1 saturated heterocycles. The molecule has 2 aliphatic rings. The van der Waals surface area contributed by atoms with Gasteiger partial charge in [-0.1, -0.05) is 12.1 Å². The minimum atomic E-state index is 0.307. The minimum Gasteiger partial charge on any atom is -0.493 e. The number of nitrogens with zero attached hydrogens (tertiary/aromatic N) is 2. The van der Waals surface area contributed by atoms with Gasteiger partial charge in [0.15, 0.2) is 0 Å². The van der Waals surface area contributed by atoms with Crippen molar-refractivity contribution < 1.29 is 4.74 Å². The smallest absolute Gasteiger partial charge is 0.122 e. The maximum absolute atomic E-state index is 6.07. The molecule has 2 atom stereocenters. The third-order valence-corrected chi connectivity index (χ3v) is 4.89. The minimum absolute atomic E-state index is 0.307. The molecule has 4 heteroatoms. The van der Waals surface area contributed by atoms with Crippen LogP contribution in [0, 0.1) is 5.92 Å². The van der Waals surface area contributed by atoms with Crippen LogP contribution in [0.3, 0.4) is 0 Å². The second kappa shape index (κ2) is 6.34. The van der Waals surface area contributed by atoms with E-state index in [1.165, 1.54) is 30.6 Å². The molecule has 2 N–H and O–H groups in total. The van der Waals surface area contributed by atoms with Gasteiger partial charge in [0.1, 0.15) is 5.75 Å². The monoisotopic (exact) mass is 289 g/mol. The molecule has 3 rings (SSSR count). The normalized spacial score (nSPS) is 23.3. The number of hydrogen-bond acceptors (Lipinski definition) is 4. The summed E-state index contributed by atoms with van der Waals surface area (Å²) in [5.74, 6) is 1.82. The lowest BCUT2D eigenvalue weighted by Crippen LogP contribution is -2.35. The third kappa shape index (κ3) is 3.23. The summed E-state index contributed by atoms with van der Waals surface area (Å²) in [6, 6.07) is 6.88. The van der Waals surface area contributed by atoms with E-state index in [1.54, 1.807) is 0 Å². The number of likely N-dealkylation sites (N-methyl/N-ethyl adjacent to an activating group) is 1. The first-order valence-electron chi connectivity index (χ1n) is 8.02. The maximum Gasteiger partial charge on any atom is 0.122 e. The molecular weight excluding hydrogens is 262 g/mol. The van der Waals surface area contributed by atoms with Gasteiger partial charge in [0.05, 0.1) is 6.61 Å². The molecule has 1 aromatic rings. The fraction of sp³-hybridized carbons (Fsp3) is 0.647. The van der Waals surface area contributed by atoms with Crippen LogP contribution in [0.15, 0.2) is 18.2 Å². The van der Waals surface area contributed by atoms with E-state index in [2.05, 4.69) is 42.1 Å². The molecule has 0 aliphatic carbocycles. The summed E-state index contributed by atoms with van der Waals surface area (Å²) in [5.41, 5.74) is 8.73. The zero-order valence-corrected chi connectivity index (χ0v) is 13.2. The van der Waals surface area contributed by atoms with Crippen molar-refractivity contribution in [3.8, 4) is 5.75 Å². The predicted octanol–water partition coefficient (Wildman–Crippen LogP) is 1.50. The molecule has 0 spiro atoms. The van der Waals surface area contributed by atoms with Crippen LogP contribution >= 0.6 is 0 Å². The number of nitrogens with two attached hydrogens (primary N) is 1. The Morgan fingerprint density at radius 2 is 2.33 bits per heavy atom. The molecule has 1 fully saturated rings. The number of rotatable bonds is 5. The Bertz CT molecular complexity index is 491. The van der Waals surface area contributed by atoms with Crippen molar-refractivity contribution in [2.24, 2.45) is 11.7 Å².